The van der Waals surface area contributed by atoms with Crippen molar-refractivity contribution in [1.29, 1.82) is 0 Å². The second kappa shape index (κ2) is 7.74. The number of fused-ring (bicyclic) bond motifs is 6. The summed E-state index contributed by atoms with van der Waals surface area (Å²) in [5.41, 5.74) is 2.12. The van der Waals surface area contributed by atoms with E-state index in [0.29, 0.717) is 10.0 Å². The lowest BCUT2D eigenvalue weighted by Crippen LogP contribution is -2.28. The number of hydrogen-bond donors (Lipinski definition) is 0. The summed E-state index contributed by atoms with van der Waals surface area (Å²) in [6.07, 6.45) is -0.526. The molecule has 0 saturated carbocycles. The Kier molecular flexibility index (Phi) is 4.71. The van der Waals surface area contributed by atoms with Gasteiger partial charge in [-0.15, -0.1) is 0 Å². The van der Waals surface area contributed by atoms with Gasteiger partial charge in [-0.25, -0.2) is 0 Å². The minimum Gasteiger partial charge on any atom is -0.449 e. The van der Waals surface area contributed by atoms with Gasteiger partial charge in [0.2, 0.25) is 0 Å². The summed E-state index contributed by atoms with van der Waals surface area (Å²) in [6.45, 7) is 0. The third-order valence-corrected chi connectivity index (χ3v) is 6.54. The summed E-state index contributed by atoms with van der Waals surface area (Å²) in [7, 11) is 0. The molecule has 0 fully saturated rings. The van der Waals surface area contributed by atoms with Crippen LogP contribution in [0.5, 0.6) is 11.5 Å². The molecular formula is C28H18Cl2O2. The molecule has 0 radical (unpaired) electrons. The Morgan fingerprint density at radius 1 is 0.500 bits per heavy atom. The lowest BCUT2D eigenvalue weighted by Gasteiger charge is -2.23. The molecule has 0 unspecified atom stereocenters. The second-order valence-electron chi connectivity index (χ2n) is 7.93. The Balaban J connectivity index is 1.52. The molecule has 0 aliphatic carbocycles. The normalized spacial score (nSPS) is 13.3. The predicted octanol–water partition coefficient (Wildman–Crippen LogP) is 8.23. The number of hydrogen-bond acceptors (Lipinski definition) is 2. The molecule has 0 atom stereocenters. The van der Waals surface area contributed by atoms with Gasteiger partial charge in [-0.05, 0) is 46.2 Å². The van der Waals surface area contributed by atoms with Gasteiger partial charge in [0.05, 0.1) is 5.92 Å². The molecule has 0 aromatic heterocycles. The molecule has 4 heteroatoms. The molecule has 5 aromatic rings. The molecule has 0 bridgehead atoms. The van der Waals surface area contributed by atoms with Gasteiger partial charge in [0.1, 0.15) is 0 Å². The lowest BCUT2D eigenvalue weighted by molar-refractivity contribution is 0.0361. The highest BCUT2D eigenvalue weighted by Gasteiger charge is 2.36. The summed E-state index contributed by atoms with van der Waals surface area (Å²) in [4.78, 5) is 0. The Hall–Kier alpha value is -3.20. The Morgan fingerprint density at radius 2 is 0.875 bits per heavy atom. The van der Waals surface area contributed by atoms with E-state index in [0.717, 1.165) is 44.2 Å². The van der Waals surface area contributed by atoms with Crippen LogP contribution in [0.2, 0.25) is 10.0 Å². The highest BCUT2D eigenvalue weighted by atomic mass is 35.5. The fraction of sp³-hybridized carbons (Fsp3) is 0.0714. The molecule has 5 aromatic carbocycles. The van der Waals surface area contributed by atoms with Crippen LogP contribution in [0.3, 0.4) is 0 Å². The predicted molar refractivity (Wildman–Crippen MR) is 131 cm³/mol. The summed E-state index contributed by atoms with van der Waals surface area (Å²) in [5.74, 6) is 1.42. The van der Waals surface area contributed by atoms with Crippen LogP contribution in [-0.2, 0) is 0 Å². The molecule has 2 nitrogen and oxygen atoms in total. The smallest absolute Gasteiger partial charge is 0.252 e. The van der Waals surface area contributed by atoms with Crippen LogP contribution in [0.25, 0.3) is 21.5 Å². The van der Waals surface area contributed by atoms with E-state index in [1.807, 2.05) is 60.7 Å². The summed E-state index contributed by atoms with van der Waals surface area (Å²) < 4.78 is 13.1. The van der Waals surface area contributed by atoms with Crippen molar-refractivity contribution < 1.29 is 9.47 Å². The molecule has 6 rings (SSSR count). The highest BCUT2D eigenvalue weighted by molar-refractivity contribution is 6.30. The van der Waals surface area contributed by atoms with Gasteiger partial charge < -0.3 is 9.47 Å². The van der Waals surface area contributed by atoms with Crippen LogP contribution >= 0.6 is 23.2 Å². The lowest BCUT2D eigenvalue weighted by atomic mass is 9.90. The zero-order valence-corrected chi connectivity index (χ0v) is 18.5. The largest absolute Gasteiger partial charge is 0.449 e. The van der Waals surface area contributed by atoms with E-state index < -0.39 is 6.29 Å². The number of ether oxygens (including phenoxy) is 2. The standard InChI is InChI=1S/C28H18Cl2O2/c29-19-13-9-17(10-14-19)25(18-11-15-20(30)16-12-18)28-31-26-23-7-3-1-5-21(23)22-6-2-4-8-24(22)27(26)32-28/h1-16,25,28H. The van der Waals surface area contributed by atoms with Crippen LogP contribution in [0.4, 0.5) is 0 Å². The first-order valence-electron chi connectivity index (χ1n) is 10.5. The summed E-state index contributed by atoms with van der Waals surface area (Å²) in [6, 6.07) is 32.3. The van der Waals surface area contributed by atoms with Gasteiger partial charge >= 0.3 is 0 Å². The van der Waals surface area contributed by atoms with E-state index in [9.17, 15) is 0 Å². The first-order valence-corrected chi connectivity index (χ1v) is 11.2. The minimum absolute atomic E-state index is 0.158. The fourth-order valence-electron chi connectivity index (χ4n) is 4.55. The van der Waals surface area contributed by atoms with Crippen molar-refractivity contribution in [2.24, 2.45) is 0 Å². The topological polar surface area (TPSA) is 18.5 Å². The van der Waals surface area contributed by atoms with Crippen LogP contribution in [-0.4, -0.2) is 6.29 Å². The quantitative estimate of drug-likeness (QED) is 0.254. The third kappa shape index (κ3) is 3.19. The van der Waals surface area contributed by atoms with Crippen molar-refractivity contribution in [2.45, 2.75) is 12.2 Å². The molecule has 156 valence electrons. The van der Waals surface area contributed by atoms with Gasteiger partial charge in [0, 0.05) is 20.8 Å². The maximum absolute atomic E-state index is 6.57. The van der Waals surface area contributed by atoms with Crippen LogP contribution in [0, 0.1) is 0 Å². The Labute approximate surface area is 195 Å². The van der Waals surface area contributed by atoms with Crippen LogP contribution in [0.1, 0.15) is 17.0 Å². The van der Waals surface area contributed by atoms with Gasteiger partial charge in [-0.2, -0.15) is 0 Å². The molecule has 0 saturated heterocycles. The second-order valence-corrected chi connectivity index (χ2v) is 8.81. The Morgan fingerprint density at radius 3 is 1.28 bits per heavy atom. The first kappa shape index (κ1) is 19.5. The van der Waals surface area contributed by atoms with E-state index in [1.165, 1.54) is 0 Å². The molecule has 1 aliphatic rings. The van der Waals surface area contributed by atoms with Gasteiger partial charge in [0.25, 0.3) is 6.29 Å². The van der Waals surface area contributed by atoms with Gasteiger partial charge in [-0.1, -0.05) is 96.0 Å². The van der Waals surface area contributed by atoms with E-state index in [1.54, 1.807) is 0 Å². The van der Waals surface area contributed by atoms with Crippen molar-refractivity contribution in [2.75, 3.05) is 0 Å². The number of benzene rings is 5. The average molecular weight is 457 g/mol. The average Bonchev–Trinajstić information content (AvgIpc) is 3.27. The van der Waals surface area contributed by atoms with Crippen molar-refractivity contribution in [3.8, 4) is 11.5 Å². The van der Waals surface area contributed by atoms with Crippen LogP contribution < -0.4 is 9.47 Å². The maximum atomic E-state index is 6.57. The third-order valence-electron chi connectivity index (χ3n) is 6.04. The van der Waals surface area contributed by atoms with Crippen molar-refractivity contribution in [1.82, 2.24) is 0 Å². The number of rotatable bonds is 3. The van der Waals surface area contributed by atoms with Crippen molar-refractivity contribution >= 4 is 44.7 Å². The monoisotopic (exact) mass is 456 g/mol. The van der Waals surface area contributed by atoms with E-state index in [-0.39, 0.29) is 5.92 Å². The molecule has 1 heterocycles. The molecule has 0 N–H and O–H groups in total. The van der Waals surface area contributed by atoms with Crippen molar-refractivity contribution in [3.05, 3.63) is 118 Å². The summed E-state index contributed by atoms with van der Waals surface area (Å²) >= 11 is 12.3. The highest BCUT2D eigenvalue weighted by Crippen LogP contribution is 2.50. The molecular weight excluding hydrogens is 439 g/mol. The van der Waals surface area contributed by atoms with Gasteiger partial charge in [-0.3, -0.25) is 0 Å². The number of halogens is 2. The molecule has 0 amide bonds. The van der Waals surface area contributed by atoms with E-state index in [2.05, 4.69) is 36.4 Å². The SMILES string of the molecule is Clc1ccc(C(c2ccc(Cl)cc2)C2Oc3c(c4ccccc4c4ccccc34)O2)cc1. The van der Waals surface area contributed by atoms with E-state index >= 15 is 0 Å². The molecule has 32 heavy (non-hydrogen) atoms. The molecule has 1 aliphatic heterocycles. The Bertz CT molecular complexity index is 1330. The fourth-order valence-corrected chi connectivity index (χ4v) is 4.80. The zero-order valence-electron chi connectivity index (χ0n) is 17.0. The van der Waals surface area contributed by atoms with E-state index in [4.69, 9.17) is 32.7 Å². The maximum Gasteiger partial charge on any atom is 0.252 e. The summed E-state index contributed by atoms with van der Waals surface area (Å²) in [5, 5.41) is 5.79. The molecule has 0 spiro atoms. The van der Waals surface area contributed by atoms with Crippen LogP contribution in [0.15, 0.2) is 97.1 Å². The first-order chi connectivity index (χ1) is 15.7. The van der Waals surface area contributed by atoms with Gasteiger partial charge in [0.15, 0.2) is 11.5 Å². The zero-order chi connectivity index (χ0) is 21.7. The minimum atomic E-state index is -0.526. The van der Waals surface area contributed by atoms with Crippen molar-refractivity contribution in [3.63, 3.8) is 0 Å².